The Kier molecular flexibility index (Phi) is 6.19. The van der Waals surface area contributed by atoms with Gasteiger partial charge >= 0.3 is 0 Å². The van der Waals surface area contributed by atoms with Crippen LogP contribution in [-0.2, 0) is 0 Å². The largest absolute Gasteiger partial charge is 0.373 e. The molecule has 1 atom stereocenters. The summed E-state index contributed by atoms with van der Waals surface area (Å²) in [7, 11) is 0. The van der Waals surface area contributed by atoms with E-state index in [1.165, 1.54) is 18.3 Å². The van der Waals surface area contributed by atoms with Crippen LogP contribution in [0.15, 0.2) is 73.1 Å². The molecule has 35 heavy (non-hydrogen) atoms. The van der Waals surface area contributed by atoms with Crippen molar-refractivity contribution in [1.82, 2.24) is 20.4 Å². The fraction of sp³-hybridized carbons (Fsp3) is 0.0400. The molecule has 2 aromatic heterocycles. The van der Waals surface area contributed by atoms with Crippen LogP contribution in [0.4, 0.5) is 21.5 Å². The van der Waals surface area contributed by atoms with Crippen molar-refractivity contribution in [2.75, 3.05) is 10.6 Å². The van der Waals surface area contributed by atoms with Crippen LogP contribution in [0.2, 0.25) is 10.0 Å². The summed E-state index contributed by atoms with van der Waals surface area (Å²) in [6.45, 7) is 0. The van der Waals surface area contributed by atoms with Crippen molar-refractivity contribution in [1.29, 1.82) is 5.26 Å². The lowest BCUT2D eigenvalue weighted by atomic mass is 10.0. The Bertz CT molecular complexity index is 1550. The zero-order chi connectivity index (χ0) is 24.4. The second-order valence-corrected chi connectivity index (χ2v) is 8.44. The Labute approximate surface area is 209 Å². The molecule has 0 radical (unpaired) electrons. The van der Waals surface area contributed by atoms with Gasteiger partial charge in [0.2, 0.25) is 0 Å². The maximum atomic E-state index is 14.7. The van der Waals surface area contributed by atoms with Gasteiger partial charge in [0.15, 0.2) is 5.82 Å². The topological polar surface area (TPSA) is 102 Å². The van der Waals surface area contributed by atoms with Crippen LogP contribution < -0.4 is 10.6 Å². The van der Waals surface area contributed by atoms with E-state index in [1.54, 1.807) is 24.4 Å². The third kappa shape index (κ3) is 4.47. The maximum Gasteiger partial charge on any atom is 0.165 e. The average Bonchev–Trinajstić information content (AvgIpc) is 3.41. The molecule has 2 heterocycles. The predicted octanol–water partition coefficient (Wildman–Crippen LogP) is 6.62. The van der Waals surface area contributed by atoms with Crippen LogP contribution in [0.25, 0.3) is 10.9 Å². The van der Waals surface area contributed by atoms with Gasteiger partial charge in [-0.05, 0) is 29.8 Å². The van der Waals surface area contributed by atoms with Crippen LogP contribution in [0.1, 0.15) is 22.9 Å². The summed E-state index contributed by atoms with van der Waals surface area (Å²) >= 11 is 12.6. The molecular formula is C25H16Cl2FN7. The monoisotopic (exact) mass is 503 g/mol. The van der Waals surface area contributed by atoms with E-state index in [1.807, 2.05) is 30.3 Å². The maximum absolute atomic E-state index is 14.7. The highest BCUT2D eigenvalue weighted by molar-refractivity contribution is 6.36. The van der Waals surface area contributed by atoms with Crippen LogP contribution in [0.3, 0.4) is 0 Å². The van der Waals surface area contributed by atoms with Crippen molar-refractivity contribution in [3.8, 4) is 6.07 Å². The van der Waals surface area contributed by atoms with E-state index in [4.69, 9.17) is 23.2 Å². The fourth-order valence-electron chi connectivity index (χ4n) is 3.79. The molecule has 0 spiro atoms. The first-order valence-electron chi connectivity index (χ1n) is 10.5. The van der Waals surface area contributed by atoms with E-state index in [2.05, 4.69) is 37.1 Å². The number of nitrogens with one attached hydrogen (secondary N) is 3. The van der Waals surface area contributed by atoms with Gasteiger partial charge in [0.25, 0.3) is 0 Å². The Morgan fingerprint density at radius 1 is 1.00 bits per heavy atom. The molecule has 0 saturated heterocycles. The number of aromatic nitrogens is 4. The minimum atomic E-state index is -0.626. The van der Waals surface area contributed by atoms with Gasteiger partial charge in [0.1, 0.15) is 11.8 Å². The Balaban J connectivity index is 1.63. The van der Waals surface area contributed by atoms with Crippen molar-refractivity contribution in [2.24, 2.45) is 0 Å². The molecule has 0 bridgehead atoms. The molecule has 0 aliphatic heterocycles. The highest BCUT2D eigenvalue weighted by atomic mass is 35.5. The standard InChI is InChI=1S/C25H16Cl2FN7/c26-18-7-4-8-20(22(18)28)33-23-15(11-29)12-30-25-17(23)9-16(10-19(25)27)32-24(21-13-31-35-34-21)14-5-2-1-3-6-14/h1-10,12-13,24,32H,(H,30,33)(H,31,34,35). The average molecular weight is 504 g/mol. The van der Waals surface area contributed by atoms with Gasteiger partial charge < -0.3 is 10.6 Å². The van der Waals surface area contributed by atoms with E-state index in [9.17, 15) is 9.65 Å². The van der Waals surface area contributed by atoms with Crippen molar-refractivity contribution >= 4 is 51.2 Å². The smallest absolute Gasteiger partial charge is 0.165 e. The summed E-state index contributed by atoms with van der Waals surface area (Å²) in [5.74, 6) is -0.626. The van der Waals surface area contributed by atoms with Crippen molar-refractivity contribution in [2.45, 2.75) is 6.04 Å². The number of nitrogens with zero attached hydrogens (tertiary/aromatic N) is 4. The first kappa shape index (κ1) is 22.6. The van der Waals surface area contributed by atoms with E-state index < -0.39 is 5.82 Å². The highest BCUT2D eigenvalue weighted by Crippen LogP contribution is 2.37. The van der Waals surface area contributed by atoms with E-state index in [0.29, 0.717) is 33.0 Å². The molecule has 172 valence electrons. The second-order valence-electron chi connectivity index (χ2n) is 7.62. The molecule has 5 rings (SSSR count). The molecule has 3 N–H and O–H groups in total. The summed E-state index contributed by atoms with van der Waals surface area (Å²) in [6.07, 6.45) is 3.03. The zero-order valence-electron chi connectivity index (χ0n) is 17.9. The lowest BCUT2D eigenvalue weighted by Gasteiger charge is -2.20. The molecule has 0 saturated carbocycles. The Morgan fingerprint density at radius 3 is 2.57 bits per heavy atom. The van der Waals surface area contributed by atoms with Gasteiger partial charge in [-0.2, -0.15) is 20.7 Å². The number of benzene rings is 3. The van der Waals surface area contributed by atoms with Gasteiger partial charge in [-0.1, -0.05) is 59.6 Å². The quantitative estimate of drug-likeness (QED) is 0.240. The number of H-pyrrole nitrogens is 1. The normalized spacial score (nSPS) is 11.7. The summed E-state index contributed by atoms with van der Waals surface area (Å²) < 4.78 is 14.7. The molecule has 0 fully saturated rings. The summed E-state index contributed by atoms with van der Waals surface area (Å²) in [6, 6.07) is 19.6. The van der Waals surface area contributed by atoms with Gasteiger partial charge in [0, 0.05) is 17.3 Å². The molecule has 0 amide bonds. The minimum Gasteiger partial charge on any atom is -0.373 e. The third-order valence-electron chi connectivity index (χ3n) is 5.43. The first-order valence-corrected chi connectivity index (χ1v) is 11.2. The number of hydrogen-bond acceptors (Lipinski definition) is 6. The second kappa shape index (κ2) is 9.58. The highest BCUT2D eigenvalue weighted by Gasteiger charge is 2.19. The Hall–Kier alpha value is -4.19. The van der Waals surface area contributed by atoms with E-state index in [0.717, 1.165) is 5.56 Å². The first-order chi connectivity index (χ1) is 17.0. The third-order valence-corrected chi connectivity index (χ3v) is 6.01. The summed E-state index contributed by atoms with van der Waals surface area (Å²) in [5.41, 5.74) is 3.45. The number of halogens is 3. The van der Waals surface area contributed by atoms with Gasteiger partial charge in [-0.3, -0.25) is 4.98 Å². The van der Waals surface area contributed by atoms with Gasteiger partial charge in [-0.25, -0.2) is 4.39 Å². The fourth-order valence-corrected chi connectivity index (χ4v) is 4.23. The number of fused-ring (bicyclic) bond motifs is 1. The number of hydrogen-bond donors (Lipinski definition) is 3. The molecule has 7 nitrogen and oxygen atoms in total. The van der Waals surface area contributed by atoms with Crippen LogP contribution >= 0.6 is 23.2 Å². The summed E-state index contributed by atoms with van der Waals surface area (Å²) in [4.78, 5) is 4.35. The van der Waals surface area contributed by atoms with Gasteiger partial charge in [-0.15, -0.1) is 0 Å². The zero-order valence-corrected chi connectivity index (χ0v) is 19.4. The minimum absolute atomic E-state index is 0.0365. The number of pyridine rings is 1. The Morgan fingerprint density at radius 2 is 1.83 bits per heavy atom. The van der Waals surface area contributed by atoms with Crippen LogP contribution in [0.5, 0.6) is 0 Å². The lowest BCUT2D eigenvalue weighted by molar-refractivity contribution is 0.632. The summed E-state index contributed by atoms with van der Waals surface area (Å²) in [5, 5.41) is 27.8. The number of rotatable bonds is 6. The number of anilines is 3. The van der Waals surface area contributed by atoms with Crippen molar-refractivity contribution < 1.29 is 4.39 Å². The molecule has 3 aromatic carbocycles. The SMILES string of the molecule is N#Cc1cnc2c(Cl)cc(NC(c3ccccc3)c3cn[nH]n3)cc2c1Nc1cccc(Cl)c1F. The molecular weight excluding hydrogens is 488 g/mol. The van der Waals surface area contributed by atoms with Crippen molar-refractivity contribution in [3.63, 3.8) is 0 Å². The van der Waals surface area contributed by atoms with Crippen LogP contribution in [0, 0.1) is 17.1 Å². The van der Waals surface area contributed by atoms with Crippen molar-refractivity contribution in [3.05, 3.63) is 106 Å². The van der Waals surface area contributed by atoms with Crippen LogP contribution in [-0.4, -0.2) is 20.4 Å². The molecule has 1 unspecified atom stereocenters. The number of nitriles is 1. The predicted molar refractivity (Wildman–Crippen MR) is 134 cm³/mol. The molecule has 10 heteroatoms. The van der Waals surface area contributed by atoms with E-state index >= 15 is 0 Å². The van der Waals surface area contributed by atoms with E-state index in [-0.39, 0.29) is 22.3 Å². The molecule has 0 aliphatic carbocycles. The number of aromatic amines is 1. The van der Waals surface area contributed by atoms with Gasteiger partial charge in [0.05, 0.1) is 44.7 Å². The molecule has 5 aromatic rings. The molecule has 0 aliphatic rings. The lowest BCUT2D eigenvalue weighted by Crippen LogP contribution is -2.13.